The summed E-state index contributed by atoms with van der Waals surface area (Å²) in [4.78, 5) is 10.8. The van der Waals surface area contributed by atoms with Crippen molar-refractivity contribution >= 4 is 17.7 Å². The third kappa shape index (κ3) is 2.80. The molecule has 0 saturated carbocycles. The van der Waals surface area contributed by atoms with Gasteiger partial charge in [-0.1, -0.05) is 17.3 Å². The molecule has 2 aromatic rings. The van der Waals surface area contributed by atoms with E-state index in [9.17, 15) is 4.79 Å². The van der Waals surface area contributed by atoms with Gasteiger partial charge in [0.2, 0.25) is 0 Å². The summed E-state index contributed by atoms with van der Waals surface area (Å²) in [6.45, 7) is 0. The number of carbonyl (C=O) groups is 1. The summed E-state index contributed by atoms with van der Waals surface area (Å²) in [5, 5.41) is 12.3. The number of aromatic carboxylic acids is 1. The van der Waals surface area contributed by atoms with Gasteiger partial charge in [0.05, 0.1) is 0 Å². The van der Waals surface area contributed by atoms with Gasteiger partial charge >= 0.3 is 5.97 Å². The monoisotopic (exact) mass is 291 g/mol. The predicted octanol–water partition coefficient (Wildman–Crippen LogP) is 2.92. The molecule has 3 rings (SSSR count). The molecule has 1 atom stereocenters. The van der Waals surface area contributed by atoms with E-state index in [0.29, 0.717) is 5.76 Å². The molecule has 1 aliphatic heterocycles. The highest BCUT2D eigenvalue weighted by molar-refractivity contribution is 7.99. The molecule has 0 bridgehead atoms. The Kier molecular flexibility index (Phi) is 3.64. The lowest BCUT2D eigenvalue weighted by atomic mass is 10.1. The number of rotatable bonds is 4. The van der Waals surface area contributed by atoms with Crippen molar-refractivity contribution in [2.75, 3.05) is 11.5 Å². The van der Waals surface area contributed by atoms with Crippen LogP contribution in [0.5, 0.6) is 5.75 Å². The van der Waals surface area contributed by atoms with Crippen molar-refractivity contribution in [2.45, 2.75) is 12.5 Å². The minimum atomic E-state index is -1.10. The molecule has 1 aromatic heterocycles. The van der Waals surface area contributed by atoms with Crippen LogP contribution in [0.4, 0.5) is 0 Å². The van der Waals surface area contributed by atoms with Gasteiger partial charge in [-0.25, -0.2) is 4.79 Å². The van der Waals surface area contributed by atoms with Crippen LogP contribution in [-0.4, -0.2) is 33.8 Å². The summed E-state index contributed by atoms with van der Waals surface area (Å²) in [6, 6.07) is 8.83. The van der Waals surface area contributed by atoms with Crippen LogP contribution in [0.2, 0.25) is 0 Å². The number of aromatic nitrogens is 1. The van der Waals surface area contributed by atoms with Gasteiger partial charge in [0.25, 0.3) is 0 Å². The number of carboxylic acids is 1. The second-order valence-corrected chi connectivity index (χ2v) is 5.66. The lowest BCUT2D eigenvalue weighted by Crippen LogP contribution is -2.14. The summed E-state index contributed by atoms with van der Waals surface area (Å²) in [7, 11) is 0. The predicted molar refractivity (Wildman–Crippen MR) is 75.3 cm³/mol. The van der Waals surface area contributed by atoms with Gasteiger partial charge in [0.15, 0.2) is 11.5 Å². The molecule has 2 heterocycles. The zero-order chi connectivity index (χ0) is 13.9. The molecule has 0 aliphatic carbocycles. The number of hydrogen-bond donors (Lipinski definition) is 1. The minimum absolute atomic E-state index is 0.0986. The third-order valence-corrected chi connectivity index (χ3v) is 4.17. The van der Waals surface area contributed by atoms with Gasteiger partial charge in [0, 0.05) is 17.4 Å². The summed E-state index contributed by atoms with van der Waals surface area (Å²) in [5.74, 6) is 2.23. The zero-order valence-electron chi connectivity index (χ0n) is 10.6. The average Bonchev–Trinajstić information content (AvgIpc) is 3.09. The minimum Gasteiger partial charge on any atom is -0.490 e. The topological polar surface area (TPSA) is 72.6 Å². The highest BCUT2D eigenvalue weighted by Gasteiger charge is 2.18. The maximum absolute atomic E-state index is 10.8. The van der Waals surface area contributed by atoms with Gasteiger partial charge in [-0.05, 0) is 24.3 Å². The molecule has 20 heavy (non-hydrogen) atoms. The Balaban J connectivity index is 1.80. The summed E-state index contributed by atoms with van der Waals surface area (Å²) in [6.07, 6.45) is 1.31. The lowest BCUT2D eigenvalue weighted by Gasteiger charge is -2.12. The van der Waals surface area contributed by atoms with Crippen LogP contribution in [0.15, 0.2) is 34.9 Å². The highest BCUT2D eigenvalue weighted by Crippen LogP contribution is 2.27. The zero-order valence-corrected chi connectivity index (χ0v) is 11.4. The number of benzene rings is 1. The number of nitrogens with zero attached hydrogens (tertiary/aromatic N) is 1. The average molecular weight is 291 g/mol. The molecule has 6 heteroatoms. The van der Waals surface area contributed by atoms with E-state index in [1.807, 2.05) is 36.0 Å². The van der Waals surface area contributed by atoms with Crippen molar-refractivity contribution in [2.24, 2.45) is 0 Å². The van der Waals surface area contributed by atoms with Crippen molar-refractivity contribution in [3.05, 3.63) is 36.0 Å². The van der Waals surface area contributed by atoms with Gasteiger partial charge < -0.3 is 14.4 Å². The van der Waals surface area contributed by atoms with Crippen LogP contribution in [0, 0.1) is 0 Å². The van der Waals surface area contributed by atoms with E-state index in [2.05, 4.69) is 5.16 Å². The SMILES string of the molecule is O=C(O)c1cc(-c2cccc(OC3CCSC3)c2)on1. The summed E-state index contributed by atoms with van der Waals surface area (Å²) < 4.78 is 10.9. The smallest absolute Gasteiger partial charge is 0.358 e. The molecule has 1 unspecified atom stereocenters. The van der Waals surface area contributed by atoms with Crippen molar-refractivity contribution in [1.29, 1.82) is 0 Å². The molecule has 104 valence electrons. The van der Waals surface area contributed by atoms with Crippen LogP contribution in [0.25, 0.3) is 11.3 Å². The van der Waals surface area contributed by atoms with Gasteiger partial charge in [-0.2, -0.15) is 11.8 Å². The fraction of sp³-hybridized carbons (Fsp3) is 0.286. The van der Waals surface area contributed by atoms with E-state index >= 15 is 0 Å². The van der Waals surface area contributed by atoms with Crippen LogP contribution >= 0.6 is 11.8 Å². The fourth-order valence-electron chi connectivity index (χ4n) is 2.03. The summed E-state index contributed by atoms with van der Waals surface area (Å²) >= 11 is 1.89. The van der Waals surface area contributed by atoms with E-state index in [1.165, 1.54) is 6.07 Å². The van der Waals surface area contributed by atoms with Gasteiger partial charge in [0.1, 0.15) is 11.9 Å². The van der Waals surface area contributed by atoms with Crippen LogP contribution in [0.1, 0.15) is 16.9 Å². The molecule has 1 N–H and O–H groups in total. The first-order chi connectivity index (χ1) is 9.72. The number of thioether (sulfide) groups is 1. The van der Waals surface area contributed by atoms with Crippen LogP contribution in [-0.2, 0) is 0 Å². The number of ether oxygens (including phenoxy) is 1. The molecular weight excluding hydrogens is 278 g/mol. The van der Waals surface area contributed by atoms with E-state index < -0.39 is 5.97 Å². The van der Waals surface area contributed by atoms with Crippen LogP contribution in [0.3, 0.4) is 0 Å². The standard InChI is InChI=1S/C14H13NO4S/c16-14(17)12-7-13(19-15-12)9-2-1-3-10(6-9)18-11-4-5-20-8-11/h1-3,6-7,11H,4-5,8H2,(H,16,17). The summed E-state index contributed by atoms with van der Waals surface area (Å²) in [5.41, 5.74) is 0.659. The molecule has 1 aromatic carbocycles. The molecule has 0 radical (unpaired) electrons. The second kappa shape index (κ2) is 5.58. The largest absolute Gasteiger partial charge is 0.490 e. The maximum atomic E-state index is 10.8. The Labute approximate surface area is 119 Å². The van der Waals surface area contributed by atoms with Crippen LogP contribution < -0.4 is 4.74 Å². The van der Waals surface area contributed by atoms with E-state index in [0.717, 1.165) is 29.2 Å². The normalized spacial score (nSPS) is 18.1. The van der Waals surface area contributed by atoms with E-state index in [4.69, 9.17) is 14.4 Å². The van der Waals surface area contributed by atoms with Crippen molar-refractivity contribution in [1.82, 2.24) is 5.16 Å². The molecule has 1 fully saturated rings. The van der Waals surface area contributed by atoms with Crippen molar-refractivity contribution in [3.63, 3.8) is 0 Å². The lowest BCUT2D eigenvalue weighted by molar-refractivity contribution is 0.0686. The Bertz CT molecular complexity index is 619. The second-order valence-electron chi connectivity index (χ2n) is 4.51. The first kappa shape index (κ1) is 13.1. The van der Waals surface area contributed by atoms with E-state index in [-0.39, 0.29) is 11.8 Å². The molecule has 0 spiro atoms. The molecule has 1 aliphatic rings. The molecule has 5 nitrogen and oxygen atoms in total. The molecular formula is C14H13NO4S. The quantitative estimate of drug-likeness (QED) is 0.933. The first-order valence-electron chi connectivity index (χ1n) is 6.27. The number of carboxylic acid groups (broad SMARTS) is 1. The maximum Gasteiger partial charge on any atom is 0.358 e. The van der Waals surface area contributed by atoms with Gasteiger partial charge in [-0.15, -0.1) is 0 Å². The van der Waals surface area contributed by atoms with Gasteiger partial charge in [-0.3, -0.25) is 0 Å². The fourth-order valence-corrected chi connectivity index (χ4v) is 3.13. The Morgan fingerprint density at radius 2 is 2.35 bits per heavy atom. The van der Waals surface area contributed by atoms with E-state index in [1.54, 1.807) is 0 Å². The van der Waals surface area contributed by atoms with Crippen molar-refractivity contribution in [3.8, 4) is 17.1 Å². The third-order valence-electron chi connectivity index (χ3n) is 3.04. The molecule has 1 saturated heterocycles. The highest BCUT2D eigenvalue weighted by atomic mass is 32.2. The molecule has 0 amide bonds. The first-order valence-corrected chi connectivity index (χ1v) is 7.43. The number of hydrogen-bond acceptors (Lipinski definition) is 5. The van der Waals surface area contributed by atoms with Crippen molar-refractivity contribution < 1.29 is 19.2 Å². The Morgan fingerprint density at radius 3 is 3.05 bits per heavy atom. The Hall–Kier alpha value is -1.95. The Morgan fingerprint density at radius 1 is 1.45 bits per heavy atom.